The normalized spacial score (nSPS) is 16.4. The maximum Gasteiger partial charge on any atom is 0.259 e. The fraction of sp³-hybridized carbons (Fsp3) is 0.500. The monoisotopic (exact) mass is 274 g/mol. The molecule has 1 aliphatic carbocycles. The molecule has 2 aromatic rings. The molecule has 6 heteroatoms. The summed E-state index contributed by atoms with van der Waals surface area (Å²) in [5, 5.41) is 14.2. The van der Waals surface area contributed by atoms with Gasteiger partial charge in [0, 0.05) is 26.0 Å². The molecule has 3 rings (SSSR count). The van der Waals surface area contributed by atoms with Crippen LogP contribution in [-0.4, -0.2) is 50.2 Å². The highest BCUT2D eigenvalue weighted by molar-refractivity contribution is 6.00. The van der Waals surface area contributed by atoms with E-state index in [4.69, 9.17) is 0 Å². The van der Waals surface area contributed by atoms with Crippen molar-refractivity contribution in [2.75, 3.05) is 13.6 Å². The van der Waals surface area contributed by atoms with E-state index in [0.717, 1.165) is 12.8 Å². The van der Waals surface area contributed by atoms with Crippen LogP contribution in [0, 0.1) is 12.8 Å². The molecule has 0 saturated heterocycles. The van der Waals surface area contributed by atoms with Gasteiger partial charge < -0.3 is 10.0 Å². The number of nitrogens with zero attached hydrogens (tertiary/aromatic N) is 4. The van der Waals surface area contributed by atoms with Crippen LogP contribution in [0.3, 0.4) is 0 Å². The number of carbonyl (C=O) groups excluding carboxylic acids is 1. The quantitative estimate of drug-likeness (QED) is 0.898. The third-order valence-corrected chi connectivity index (χ3v) is 3.76. The summed E-state index contributed by atoms with van der Waals surface area (Å²) in [5.41, 5.74) is 1.72. The summed E-state index contributed by atoms with van der Waals surface area (Å²) >= 11 is 0. The minimum atomic E-state index is -0.431. The molecule has 0 spiro atoms. The first-order valence-electron chi connectivity index (χ1n) is 6.81. The molecule has 20 heavy (non-hydrogen) atoms. The van der Waals surface area contributed by atoms with Crippen molar-refractivity contribution in [3.8, 4) is 0 Å². The second-order valence-electron chi connectivity index (χ2n) is 5.44. The third-order valence-electron chi connectivity index (χ3n) is 3.76. The molecule has 106 valence electrons. The van der Waals surface area contributed by atoms with Gasteiger partial charge in [-0.05, 0) is 31.7 Å². The maximum atomic E-state index is 12.5. The van der Waals surface area contributed by atoms with Crippen molar-refractivity contribution in [3.05, 3.63) is 29.7 Å². The van der Waals surface area contributed by atoms with Crippen molar-refractivity contribution in [2.24, 2.45) is 5.92 Å². The molecule has 1 saturated carbocycles. The van der Waals surface area contributed by atoms with E-state index >= 15 is 0 Å². The standard InChI is InChI=1S/C14H18N4O2/c1-9-12(13-15-6-3-7-18(13)16-9)14(20)17(2)8-11(19)10-4-5-10/h3,6-7,10-11,19H,4-5,8H2,1-2H3. The number of aliphatic hydroxyl groups is 1. The number of aliphatic hydroxyl groups excluding tert-OH is 1. The van der Waals surface area contributed by atoms with Crippen molar-refractivity contribution in [1.82, 2.24) is 19.5 Å². The molecule has 2 heterocycles. The lowest BCUT2D eigenvalue weighted by Gasteiger charge is -2.20. The summed E-state index contributed by atoms with van der Waals surface area (Å²) in [6.45, 7) is 2.15. The minimum absolute atomic E-state index is 0.143. The van der Waals surface area contributed by atoms with Crippen LogP contribution < -0.4 is 0 Å². The number of likely N-dealkylation sites (N-methyl/N-ethyl adjacent to an activating group) is 1. The molecule has 1 aliphatic rings. The average Bonchev–Trinajstić information content (AvgIpc) is 3.20. The van der Waals surface area contributed by atoms with Gasteiger partial charge in [-0.25, -0.2) is 9.50 Å². The molecule has 1 unspecified atom stereocenters. The van der Waals surface area contributed by atoms with Gasteiger partial charge in [-0.2, -0.15) is 5.10 Å². The van der Waals surface area contributed by atoms with E-state index in [2.05, 4.69) is 10.1 Å². The number of hydrogen-bond donors (Lipinski definition) is 1. The molecule has 0 bridgehead atoms. The Morgan fingerprint density at radius 3 is 3.05 bits per heavy atom. The molecule has 1 N–H and O–H groups in total. The Morgan fingerprint density at radius 1 is 1.60 bits per heavy atom. The first-order chi connectivity index (χ1) is 9.58. The van der Waals surface area contributed by atoms with Gasteiger partial charge >= 0.3 is 0 Å². The molecular weight excluding hydrogens is 256 g/mol. The number of amides is 1. The van der Waals surface area contributed by atoms with Crippen LogP contribution in [0.4, 0.5) is 0 Å². The van der Waals surface area contributed by atoms with Crippen LogP contribution in [0.1, 0.15) is 28.9 Å². The second-order valence-corrected chi connectivity index (χ2v) is 5.44. The Hall–Kier alpha value is -1.95. The maximum absolute atomic E-state index is 12.5. The number of hydrogen-bond acceptors (Lipinski definition) is 4. The Bertz CT molecular complexity index is 648. The zero-order valence-corrected chi connectivity index (χ0v) is 11.7. The SMILES string of the molecule is Cc1nn2cccnc2c1C(=O)N(C)CC(O)C1CC1. The minimum Gasteiger partial charge on any atom is -0.391 e. The number of carbonyl (C=O) groups is 1. The molecule has 0 aliphatic heterocycles. The third kappa shape index (κ3) is 2.27. The Morgan fingerprint density at radius 2 is 2.35 bits per heavy atom. The average molecular weight is 274 g/mol. The van der Waals surface area contributed by atoms with Gasteiger partial charge in [0.2, 0.25) is 0 Å². The van der Waals surface area contributed by atoms with Gasteiger partial charge in [0.05, 0.1) is 11.8 Å². The van der Waals surface area contributed by atoms with E-state index in [9.17, 15) is 9.90 Å². The number of aromatic nitrogens is 3. The summed E-state index contributed by atoms with van der Waals surface area (Å²) in [6, 6.07) is 1.77. The molecule has 1 atom stereocenters. The predicted octanol–water partition coefficient (Wildman–Crippen LogP) is 0.881. The molecule has 1 amide bonds. The van der Waals surface area contributed by atoms with Crippen molar-refractivity contribution in [1.29, 1.82) is 0 Å². The summed E-state index contributed by atoms with van der Waals surface area (Å²) in [7, 11) is 1.71. The predicted molar refractivity (Wildman–Crippen MR) is 73.4 cm³/mol. The first-order valence-corrected chi connectivity index (χ1v) is 6.81. The van der Waals surface area contributed by atoms with E-state index in [1.807, 2.05) is 0 Å². The van der Waals surface area contributed by atoms with Gasteiger partial charge in [0.25, 0.3) is 5.91 Å². The van der Waals surface area contributed by atoms with Crippen LogP contribution in [-0.2, 0) is 0 Å². The summed E-state index contributed by atoms with van der Waals surface area (Å²) < 4.78 is 1.60. The van der Waals surface area contributed by atoms with Gasteiger partial charge in [-0.3, -0.25) is 4.79 Å². The lowest BCUT2D eigenvalue weighted by Crippen LogP contribution is -2.35. The first kappa shape index (κ1) is 13.1. The van der Waals surface area contributed by atoms with Crippen molar-refractivity contribution < 1.29 is 9.90 Å². The fourth-order valence-corrected chi connectivity index (χ4v) is 2.43. The van der Waals surface area contributed by atoms with E-state index in [1.165, 1.54) is 0 Å². The summed E-state index contributed by atoms with van der Waals surface area (Å²) in [5.74, 6) is 0.212. The number of fused-ring (bicyclic) bond motifs is 1. The lowest BCUT2D eigenvalue weighted by molar-refractivity contribution is 0.0646. The van der Waals surface area contributed by atoms with E-state index < -0.39 is 6.10 Å². The highest BCUT2D eigenvalue weighted by atomic mass is 16.3. The number of aryl methyl sites for hydroxylation is 1. The van der Waals surface area contributed by atoms with Gasteiger partial charge in [-0.1, -0.05) is 0 Å². The topological polar surface area (TPSA) is 70.7 Å². The summed E-state index contributed by atoms with van der Waals surface area (Å²) in [4.78, 5) is 18.3. The molecule has 1 fully saturated rings. The lowest BCUT2D eigenvalue weighted by atomic mass is 10.2. The van der Waals surface area contributed by atoms with Crippen LogP contribution in [0.2, 0.25) is 0 Å². The molecular formula is C14H18N4O2. The van der Waals surface area contributed by atoms with Crippen molar-refractivity contribution >= 4 is 11.6 Å². The fourth-order valence-electron chi connectivity index (χ4n) is 2.43. The molecule has 2 aromatic heterocycles. The summed E-state index contributed by atoms with van der Waals surface area (Å²) in [6.07, 6.45) is 5.09. The molecule has 0 radical (unpaired) electrons. The Kier molecular flexibility index (Phi) is 3.17. The highest BCUT2D eigenvalue weighted by Crippen LogP contribution is 2.32. The van der Waals surface area contributed by atoms with Crippen LogP contribution in [0.15, 0.2) is 18.5 Å². The van der Waals surface area contributed by atoms with Crippen LogP contribution in [0.5, 0.6) is 0 Å². The van der Waals surface area contributed by atoms with Gasteiger partial charge in [-0.15, -0.1) is 0 Å². The number of rotatable bonds is 4. The Labute approximate surface area is 117 Å². The Balaban J connectivity index is 1.85. The van der Waals surface area contributed by atoms with E-state index in [1.54, 1.807) is 41.8 Å². The van der Waals surface area contributed by atoms with Crippen molar-refractivity contribution in [2.45, 2.75) is 25.9 Å². The molecule has 0 aromatic carbocycles. The zero-order chi connectivity index (χ0) is 14.3. The zero-order valence-electron chi connectivity index (χ0n) is 11.7. The van der Waals surface area contributed by atoms with E-state index in [0.29, 0.717) is 29.4 Å². The molecule has 6 nitrogen and oxygen atoms in total. The highest BCUT2D eigenvalue weighted by Gasteiger charge is 2.32. The van der Waals surface area contributed by atoms with Gasteiger partial charge in [0.15, 0.2) is 5.65 Å². The van der Waals surface area contributed by atoms with Crippen molar-refractivity contribution in [3.63, 3.8) is 0 Å². The van der Waals surface area contributed by atoms with Crippen LogP contribution in [0.25, 0.3) is 5.65 Å². The van der Waals surface area contributed by atoms with E-state index in [-0.39, 0.29) is 5.91 Å². The smallest absolute Gasteiger partial charge is 0.259 e. The van der Waals surface area contributed by atoms with Gasteiger partial charge in [0.1, 0.15) is 5.56 Å². The largest absolute Gasteiger partial charge is 0.391 e. The second kappa shape index (κ2) is 4.86. The van der Waals surface area contributed by atoms with Crippen LogP contribution >= 0.6 is 0 Å².